The highest BCUT2D eigenvalue weighted by atomic mass is 35.5. The van der Waals surface area contributed by atoms with Crippen molar-refractivity contribution in [1.82, 2.24) is 29.5 Å². The van der Waals surface area contributed by atoms with E-state index < -0.39 is 0 Å². The Balaban J connectivity index is 1.76. The maximum atomic E-state index is 11.5. The first-order valence-corrected chi connectivity index (χ1v) is 8.99. The predicted molar refractivity (Wildman–Crippen MR) is 105 cm³/mol. The zero-order chi connectivity index (χ0) is 19.8. The van der Waals surface area contributed by atoms with E-state index in [0.717, 1.165) is 5.56 Å². The van der Waals surface area contributed by atoms with Gasteiger partial charge < -0.3 is 4.74 Å². The van der Waals surface area contributed by atoms with Gasteiger partial charge in [-0.15, -0.1) is 0 Å². The molecule has 1 aromatic carbocycles. The molecule has 10 heteroatoms. The number of ether oxygens (including phenoxy) is 1. The molecular weight excluding hydrogens is 403 g/mol. The highest BCUT2D eigenvalue weighted by Crippen LogP contribution is 2.26. The maximum absolute atomic E-state index is 11.5. The monoisotopic (exact) mass is 416 g/mol. The molecule has 3 aromatic heterocycles. The molecule has 3 heterocycles. The summed E-state index contributed by atoms with van der Waals surface area (Å²) in [7, 11) is 1.52. The van der Waals surface area contributed by atoms with Crippen LogP contribution in [-0.4, -0.2) is 42.4 Å². The van der Waals surface area contributed by atoms with E-state index in [4.69, 9.17) is 27.9 Å². The summed E-state index contributed by atoms with van der Waals surface area (Å²) in [4.78, 5) is 20.4. The topological polar surface area (TPSA) is 87.7 Å². The predicted octanol–water partition coefficient (Wildman–Crippen LogP) is 3.58. The summed E-state index contributed by atoms with van der Waals surface area (Å²) in [6, 6.07) is 5.39. The number of fused-ring (bicyclic) bond motifs is 1. The van der Waals surface area contributed by atoms with Gasteiger partial charge in [0, 0.05) is 6.20 Å². The second-order valence-corrected chi connectivity index (χ2v) is 6.86. The Kier molecular flexibility index (Phi) is 4.74. The normalized spacial score (nSPS) is 11.1. The first-order chi connectivity index (χ1) is 13.5. The fourth-order valence-electron chi connectivity index (χ4n) is 2.74. The number of hydrogen-bond donors (Lipinski definition) is 0. The van der Waals surface area contributed by atoms with Crippen LogP contribution < -0.4 is 4.74 Å². The lowest BCUT2D eigenvalue weighted by Gasteiger charge is -2.09. The molecule has 0 spiro atoms. The average Bonchev–Trinajstić information content (AvgIpc) is 3.32. The Bertz CT molecular complexity index is 1200. The van der Waals surface area contributed by atoms with Crippen LogP contribution >= 0.6 is 23.2 Å². The number of benzene rings is 1. The number of nitrogens with zero attached hydrogens (tertiary/aromatic N) is 6. The molecule has 142 valence electrons. The number of halogens is 2. The molecule has 4 rings (SSSR count). The highest BCUT2D eigenvalue weighted by molar-refractivity contribution is 6.42. The van der Waals surface area contributed by atoms with Crippen molar-refractivity contribution in [2.45, 2.75) is 13.5 Å². The van der Waals surface area contributed by atoms with Crippen LogP contribution in [0.1, 0.15) is 22.8 Å². The zero-order valence-electron chi connectivity index (χ0n) is 14.9. The third-order valence-corrected chi connectivity index (χ3v) is 4.89. The quantitative estimate of drug-likeness (QED) is 0.462. The maximum Gasteiger partial charge on any atom is 0.254 e. The Morgan fingerprint density at radius 2 is 1.96 bits per heavy atom. The van der Waals surface area contributed by atoms with E-state index in [1.165, 1.54) is 24.9 Å². The summed E-state index contributed by atoms with van der Waals surface area (Å²) in [5.41, 5.74) is 2.61. The molecule has 0 atom stereocenters. The standard InChI is InChI=1S/C18H14Cl2N6O2/c1-10(27)12-6-21-26(9-12)18-23-15-7-22-25(16(15)17(24-18)28-2)8-11-3-4-13(19)14(20)5-11/h3-7,9H,8H2,1-2H3. The third kappa shape index (κ3) is 3.32. The molecule has 0 aliphatic rings. The smallest absolute Gasteiger partial charge is 0.254 e. The largest absolute Gasteiger partial charge is 0.479 e. The van der Waals surface area contributed by atoms with E-state index in [-0.39, 0.29) is 11.7 Å². The molecule has 0 bridgehead atoms. The van der Waals surface area contributed by atoms with Gasteiger partial charge in [-0.1, -0.05) is 29.3 Å². The van der Waals surface area contributed by atoms with Crippen molar-refractivity contribution in [2.24, 2.45) is 0 Å². The molecule has 0 fully saturated rings. The fourth-order valence-corrected chi connectivity index (χ4v) is 3.06. The van der Waals surface area contributed by atoms with Crippen LogP contribution in [0, 0.1) is 0 Å². The Morgan fingerprint density at radius 1 is 1.14 bits per heavy atom. The lowest BCUT2D eigenvalue weighted by Crippen LogP contribution is -2.07. The summed E-state index contributed by atoms with van der Waals surface area (Å²) >= 11 is 12.1. The minimum atomic E-state index is -0.0891. The van der Waals surface area contributed by atoms with Crippen molar-refractivity contribution in [2.75, 3.05) is 7.11 Å². The Hall–Kier alpha value is -2.97. The fraction of sp³-hybridized carbons (Fsp3) is 0.167. The van der Waals surface area contributed by atoms with Gasteiger partial charge in [-0.2, -0.15) is 15.2 Å². The molecule has 0 aliphatic carbocycles. The van der Waals surface area contributed by atoms with Crippen molar-refractivity contribution in [3.8, 4) is 11.8 Å². The van der Waals surface area contributed by atoms with E-state index in [9.17, 15) is 4.79 Å². The summed E-state index contributed by atoms with van der Waals surface area (Å²) in [5.74, 6) is 0.539. The van der Waals surface area contributed by atoms with Gasteiger partial charge in [0.25, 0.3) is 5.95 Å². The molecule has 0 radical (unpaired) electrons. The average molecular weight is 417 g/mol. The molecule has 4 aromatic rings. The molecule has 0 saturated heterocycles. The summed E-state index contributed by atoms with van der Waals surface area (Å²) < 4.78 is 8.61. The second-order valence-electron chi connectivity index (χ2n) is 6.05. The van der Waals surface area contributed by atoms with Gasteiger partial charge >= 0.3 is 0 Å². The van der Waals surface area contributed by atoms with Crippen molar-refractivity contribution in [3.05, 3.63) is 58.0 Å². The Morgan fingerprint density at radius 3 is 2.64 bits per heavy atom. The Labute approximate surface area is 169 Å². The van der Waals surface area contributed by atoms with E-state index in [0.29, 0.717) is 39.1 Å². The zero-order valence-corrected chi connectivity index (χ0v) is 16.4. The van der Waals surface area contributed by atoms with Crippen molar-refractivity contribution >= 4 is 40.0 Å². The van der Waals surface area contributed by atoms with E-state index >= 15 is 0 Å². The minimum Gasteiger partial charge on any atom is -0.479 e. The first kappa shape index (κ1) is 18.4. The first-order valence-electron chi connectivity index (χ1n) is 8.23. The number of carbonyl (C=O) groups excluding carboxylic acids is 1. The third-order valence-electron chi connectivity index (χ3n) is 4.15. The molecule has 28 heavy (non-hydrogen) atoms. The number of ketones is 1. The lowest BCUT2D eigenvalue weighted by atomic mass is 10.2. The summed E-state index contributed by atoms with van der Waals surface area (Å²) in [6.45, 7) is 1.91. The number of methoxy groups -OCH3 is 1. The van der Waals surface area contributed by atoms with Crippen LogP contribution in [0.5, 0.6) is 5.88 Å². The summed E-state index contributed by atoms with van der Waals surface area (Å²) in [6.07, 6.45) is 4.66. The lowest BCUT2D eigenvalue weighted by molar-refractivity contribution is 0.101. The van der Waals surface area contributed by atoms with Gasteiger partial charge in [0.1, 0.15) is 11.0 Å². The van der Waals surface area contributed by atoms with Gasteiger partial charge in [-0.05, 0) is 24.6 Å². The number of hydrogen-bond acceptors (Lipinski definition) is 6. The molecular formula is C18H14Cl2N6O2. The molecule has 0 saturated carbocycles. The number of carbonyl (C=O) groups is 1. The number of aromatic nitrogens is 6. The van der Waals surface area contributed by atoms with Crippen LogP contribution in [0.4, 0.5) is 0 Å². The molecule has 0 unspecified atom stereocenters. The van der Waals surface area contributed by atoms with E-state index in [2.05, 4.69) is 20.2 Å². The van der Waals surface area contributed by atoms with Crippen LogP contribution in [0.25, 0.3) is 17.0 Å². The molecule has 0 amide bonds. The van der Waals surface area contributed by atoms with Crippen molar-refractivity contribution < 1.29 is 9.53 Å². The van der Waals surface area contributed by atoms with Gasteiger partial charge in [0.05, 0.1) is 41.7 Å². The van der Waals surface area contributed by atoms with E-state index in [1.54, 1.807) is 29.2 Å². The van der Waals surface area contributed by atoms with Crippen molar-refractivity contribution in [1.29, 1.82) is 0 Å². The summed E-state index contributed by atoms with van der Waals surface area (Å²) in [5, 5.41) is 9.50. The SMILES string of the molecule is COc1nc(-n2cc(C(C)=O)cn2)nc2cnn(Cc3ccc(Cl)c(Cl)c3)c12. The number of Topliss-reactive ketones (excluding diaryl/α,β-unsaturated/α-hetero) is 1. The molecule has 8 nitrogen and oxygen atoms in total. The van der Waals surface area contributed by atoms with Crippen molar-refractivity contribution in [3.63, 3.8) is 0 Å². The number of rotatable bonds is 5. The molecule has 0 N–H and O–H groups in total. The van der Waals surface area contributed by atoms with E-state index in [1.807, 2.05) is 6.07 Å². The van der Waals surface area contributed by atoms with Crippen LogP contribution in [0.15, 0.2) is 36.8 Å². The van der Waals surface area contributed by atoms with Gasteiger partial charge in [0.2, 0.25) is 5.88 Å². The van der Waals surface area contributed by atoms with Gasteiger partial charge in [0.15, 0.2) is 5.78 Å². The second kappa shape index (κ2) is 7.21. The van der Waals surface area contributed by atoms with Gasteiger partial charge in [-0.3, -0.25) is 9.48 Å². The van der Waals surface area contributed by atoms with Crippen LogP contribution in [-0.2, 0) is 6.54 Å². The molecule has 0 aliphatic heterocycles. The van der Waals surface area contributed by atoms with Gasteiger partial charge in [-0.25, -0.2) is 9.67 Å². The van der Waals surface area contributed by atoms with Crippen LogP contribution in [0.3, 0.4) is 0 Å². The van der Waals surface area contributed by atoms with Crippen LogP contribution in [0.2, 0.25) is 10.0 Å². The highest BCUT2D eigenvalue weighted by Gasteiger charge is 2.17. The minimum absolute atomic E-state index is 0.0891.